The van der Waals surface area contributed by atoms with E-state index >= 15 is 0 Å². The molecule has 5 aromatic carbocycles. The van der Waals surface area contributed by atoms with E-state index in [-0.39, 0.29) is 25.9 Å². The van der Waals surface area contributed by atoms with Gasteiger partial charge in [-0.25, -0.2) is 4.98 Å². The number of pyridine rings is 2. The topological polar surface area (TPSA) is 56.7 Å². The molecular weight excluding hydrogens is 984 g/mol. The van der Waals surface area contributed by atoms with E-state index in [1.165, 1.54) is 44.8 Å². The first-order chi connectivity index (χ1) is 30.1. The van der Waals surface area contributed by atoms with E-state index in [1.54, 1.807) is 6.07 Å². The minimum absolute atomic E-state index is 0. The summed E-state index contributed by atoms with van der Waals surface area (Å²) in [6.45, 7) is 24.5. The molecule has 64 heavy (non-hydrogen) atoms. The summed E-state index contributed by atoms with van der Waals surface area (Å²) in [5, 5.41) is 3.44. The average molecular weight is 1040 g/mol. The molecule has 4 aromatic heterocycles. The molecule has 1 radical (unpaired) electrons. The maximum Gasteiger partial charge on any atom is 0.216 e. The summed E-state index contributed by atoms with van der Waals surface area (Å²) in [4.78, 5) is 14.6. The molecular formula is C56H57FIrN4OSi-2. The first-order valence-corrected chi connectivity index (χ1v) is 25.7. The van der Waals surface area contributed by atoms with Gasteiger partial charge in [-0.05, 0) is 101 Å². The van der Waals surface area contributed by atoms with Crippen LogP contribution in [0.3, 0.4) is 0 Å². The average Bonchev–Trinajstić information content (AvgIpc) is 3.81. The third-order valence-corrected chi connectivity index (χ3v) is 13.8. The Balaban J connectivity index is 0.000000227. The number of para-hydroxylation sites is 2. The minimum atomic E-state index is -1.42. The van der Waals surface area contributed by atoms with Crippen LogP contribution in [0.15, 0.2) is 120 Å². The summed E-state index contributed by atoms with van der Waals surface area (Å²) in [5.41, 5.74) is 15.4. The third kappa shape index (κ3) is 9.33. The van der Waals surface area contributed by atoms with Gasteiger partial charge in [0.2, 0.25) is 5.71 Å². The van der Waals surface area contributed by atoms with Crippen LogP contribution >= 0.6 is 0 Å². The second-order valence-electron chi connectivity index (χ2n) is 18.9. The van der Waals surface area contributed by atoms with Crippen LogP contribution in [0.4, 0.5) is 4.39 Å². The fourth-order valence-electron chi connectivity index (χ4n) is 8.69. The zero-order valence-corrected chi connectivity index (χ0v) is 42.2. The van der Waals surface area contributed by atoms with Crippen LogP contribution in [-0.2, 0) is 26.5 Å². The number of furan rings is 1. The Morgan fingerprint density at radius 3 is 2.08 bits per heavy atom. The van der Waals surface area contributed by atoms with Gasteiger partial charge < -0.3 is 14.0 Å². The number of hydrogen-bond donors (Lipinski definition) is 0. The van der Waals surface area contributed by atoms with Crippen LogP contribution in [0, 0.1) is 37.7 Å². The van der Waals surface area contributed by atoms with Crippen molar-refractivity contribution in [3.8, 4) is 39.5 Å². The Morgan fingerprint density at radius 1 is 0.734 bits per heavy atom. The molecule has 0 fully saturated rings. The van der Waals surface area contributed by atoms with Crippen molar-refractivity contribution in [2.75, 3.05) is 0 Å². The molecule has 0 aliphatic carbocycles. The van der Waals surface area contributed by atoms with Crippen molar-refractivity contribution in [1.29, 1.82) is 0 Å². The summed E-state index contributed by atoms with van der Waals surface area (Å²) in [7, 11) is -1.42. The van der Waals surface area contributed by atoms with Crippen molar-refractivity contribution < 1.29 is 28.9 Å². The minimum Gasteiger partial charge on any atom is -0.486 e. The zero-order chi connectivity index (χ0) is 44.7. The molecule has 8 heteroatoms. The molecule has 0 bridgehead atoms. The van der Waals surface area contributed by atoms with E-state index in [2.05, 4.69) is 167 Å². The van der Waals surface area contributed by atoms with Gasteiger partial charge in [-0.15, -0.1) is 47.5 Å². The molecule has 4 heterocycles. The second kappa shape index (κ2) is 18.9. The SMILES string of the molecule is Cc1cc(F)c[c-]c1-c1cc(CC(C)C)c([Si](C)(C)C)cn1.Cc1ccc2c(n1)oc1c(-c3nc4ccccc4n3-c3c(C(C)C)cc(-c4ccccc4)cc3C(C)C)[c-]ccc12.[Ir]. The van der Waals surface area contributed by atoms with Crippen molar-refractivity contribution in [3.63, 3.8) is 0 Å². The van der Waals surface area contributed by atoms with Gasteiger partial charge in [0, 0.05) is 48.9 Å². The van der Waals surface area contributed by atoms with Crippen molar-refractivity contribution in [2.24, 2.45) is 5.92 Å². The van der Waals surface area contributed by atoms with Gasteiger partial charge >= 0.3 is 0 Å². The standard InChI is InChI=1S/C37H32N3O.C19H25FNSi.Ir/c1-22(2)30-20-26(25-12-7-6-8-13-25)21-31(23(3)4)34(30)40-33-17-10-9-16-32(33)39-36(40)29-15-11-14-27-28-19-18-24(5)38-37(28)41-35(27)29;1-13(2)9-15-11-18(21-12-19(15)22(4,5)6)17-8-7-16(20)10-14(17)3;/h6-14,16-23H,1-5H3;7,10-13H,9H2,1-6H3;/q2*-1;. The molecule has 0 saturated carbocycles. The molecule has 329 valence electrons. The summed E-state index contributed by atoms with van der Waals surface area (Å²) in [5.74, 6) is 1.76. The van der Waals surface area contributed by atoms with Gasteiger partial charge in [0.05, 0.1) is 30.5 Å². The summed E-state index contributed by atoms with van der Waals surface area (Å²) >= 11 is 0. The van der Waals surface area contributed by atoms with E-state index in [1.807, 2.05) is 38.2 Å². The van der Waals surface area contributed by atoms with Gasteiger partial charge in [-0.1, -0.05) is 133 Å². The van der Waals surface area contributed by atoms with E-state index in [0.717, 1.165) is 67.7 Å². The maximum absolute atomic E-state index is 13.3. The number of hydrogen-bond acceptors (Lipinski definition) is 4. The number of rotatable bonds is 9. The van der Waals surface area contributed by atoms with Crippen LogP contribution in [-0.4, -0.2) is 27.6 Å². The maximum atomic E-state index is 13.3. The third-order valence-electron chi connectivity index (χ3n) is 11.8. The fourth-order valence-corrected chi connectivity index (χ4v) is 10.3. The number of aromatic nitrogens is 4. The predicted molar refractivity (Wildman–Crippen MR) is 263 cm³/mol. The van der Waals surface area contributed by atoms with Gasteiger partial charge in [0.25, 0.3) is 0 Å². The number of imidazole rings is 1. The number of benzene rings is 5. The molecule has 5 nitrogen and oxygen atoms in total. The molecule has 0 saturated heterocycles. The Labute approximate surface area is 392 Å². The van der Waals surface area contributed by atoms with E-state index < -0.39 is 8.07 Å². The Bertz CT molecular complexity index is 3080. The van der Waals surface area contributed by atoms with Crippen molar-refractivity contribution >= 4 is 46.4 Å². The van der Waals surface area contributed by atoms with Gasteiger partial charge in [-0.3, -0.25) is 9.37 Å². The van der Waals surface area contributed by atoms with Crippen LogP contribution < -0.4 is 5.19 Å². The number of fused-ring (bicyclic) bond motifs is 4. The van der Waals surface area contributed by atoms with Crippen LogP contribution in [0.5, 0.6) is 0 Å². The molecule has 0 spiro atoms. The zero-order valence-electron chi connectivity index (χ0n) is 38.8. The Morgan fingerprint density at radius 2 is 1.42 bits per heavy atom. The van der Waals surface area contributed by atoms with Gasteiger partial charge in [0.1, 0.15) is 0 Å². The first kappa shape index (κ1) is 46.5. The number of nitrogens with zero attached hydrogens (tertiary/aromatic N) is 4. The van der Waals surface area contributed by atoms with Crippen molar-refractivity contribution in [3.05, 3.63) is 161 Å². The van der Waals surface area contributed by atoms with Crippen molar-refractivity contribution in [2.45, 2.75) is 93.3 Å². The van der Waals surface area contributed by atoms with E-state index in [9.17, 15) is 4.39 Å². The summed E-state index contributed by atoms with van der Waals surface area (Å²) in [6, 6.07) is 43.6. The Hall–Kier alpha value is -5.53. The van der Waals surface area contributed by atoms with Crippen LogP contribution in [0.2, 0.25) is 19.6 Å². The molecule has 0 aliphatic rings. The van der Waals surface area contributed by atoms with E-state index in [4.69, 9.17) is 9.40 Å². The number of aryl methyl sites for hydroxylation is 2. The summed E-state index contributed by atoms with van der Waals surface area (Å²) < 4.78 is 22.1. The molecule has 0 amide bonds. The van der Waals surface area contributed by atoms with Gasteiger partial charge in [0.15, 0.2) is 0 Å². The molecule has 9 rings (SSSR count). The predicted octanol–water partition coefficient (Wildman–Crippen LogP) is 14.7. The number of halogens is 1. The summed E-state index contributed by atoms with van der Waals surface area (Å²) in [6.07, 6.45) is 3.09. The van der Waals surface area contributed by atoms with Crippen LogP contribution in [0.25, 0.3) is 72.6 Å². The first-order valence-electron chi connectivity index (χ1n) is 22.2. The molecule has 9 aromatic rings. The normalized spacial score (nSPS) is 11.8. The smallest absolute Gasteiger partial charge is 0.216 e. The second-order valence-corrected chi connectivity index (χ2v) is 23.9. The van der Waals surface area contributed by atoms with Crippen LogP contribution in [0.1, 0.15) is 81.3 Å². The quantitative estimate of drug-likeness (QED) is 0.107. The largest absolute Gasteiger partial charge is 0.486 e. The Kier molecular flexibility index (Phi) is 13.7. The molecule has 0 atom stereocenters. The molecule has 0 unspecified atom stereocenters. The monoisotopic (exact) mass is 1040 g/mol. The fraction of sp³-hybridized carbons (Fsp3) is 0.268. The molecule has 0 aliphatic heterocycles. The van der Waals surface area contributed by atoms with Crippen molar-refractivity contribution in [1.82, 2.24) is 19.5 Å². The van der Waals surface area contributed by atoms with Gasteiger partial charge in [-0.2, -0.15) is 0 Å². The van der Waals surface area contributed by atoms with E-state index in [0.29, 0.717) is 23.5 Å². The molecule has 0 N–H and O–H groups in total.